The van der Waals surface area contributed by atoms with Crippen molar-refractivity contribution in [3.63, 3.8) is 0 Å². The third kappa shape index (κ3) is 1.92. The monoisotopic (exact) mass is 173 g/mol. The second-order valence-corrected chi connectivity index (χ2v) is 7.22. The minimum atomic E-state index is -4.11. The maximum atomic E-state index is 10.3. The highest BCUT2D eigenvalue weighted by Crippen LogP contribution is 1.92. The molecular weight excluding hydrogens is 166 g/mol. The summed E-state index contributed by atoms with van der Waals surface area (Å²) in [4.78, 5) is 0. The molecule has 0 aromatic carbocycles. The van der Waals surface area contributed by atoms with Crippen LogP contribution in [-0.2, 0) is 17.9 Å². The molecule has 56 valence electrons. The van der Waals surface area contributed by atoms with E-state index in [1.54, 1.807) is 4.72 Å². The standard InChI is InChI=1S/C2H7NO4S2/c1-3-9(6,7)8(2,4)5/h3H,1-2H3. The lowest BCUT2D eigenvalue weighted by Gasteiger charge is -1.95. The molecule has 0 amide bonds. The Morgan fingerprint density at radius 1 is 1.11 bits per heavy atom. The Bertz CT molecular complexity index is 272. The fourth-order valence-corrected chi connectivity index (χ4v) is 1.36. The van der Waals surface area contributed by atoms with Crippen LogP contribution in [0.15, 0.2) is 0 Å². The molecule has 0 aromatic heterocycles. The van der Waals surface area contributed by atoms with Crippen molar-refractivity contribution in [2.45, 2.75) is 0 Å². The Kier molecular flexibility index (Phi) is 2.20. The predicted molar refractivity (Wildman–Crippen MR) is 32.8 cm³/mol. The van der Waals surface area contributed by atoms with Crippen LogP contribution in [0.4, 0.5) is 0 Å². The maximum absolute atomic E-state index is 10.3. The summed E-state index contributed by atoms with van der Waals surface area (Å²) in [6, 6.07) is 0. The molecule has 1 N–H and O–H groups in total. The lowest BCUT2D eigenvalue weighted by atomic mass is 11.6. The first-order chi connectivity index (χ1) is 3.81. The van der Waals surface area contributed by atoms with Crippen molar-refractivity contribution in [1.82, 2.24) is 4.72 Å². The van der Waals surface area contributed by atoms with Gasteiger partial charge in [-0.05, 0) is 7.05 Å². The number of hydrogen-bond acceptors (Lipinski definition) is 4. The summed E-state index contributed by atoms with van der Waals surface area (Å²) < 4.78 is 42.8. The molecule has 0 aliphatic rings. The van der Waals surface area contributed by atoms with Gasteiger partial charge in [-0.2, -0.15) is 8.42 Å². The zero-order chi connectivity index (χ0) is 7.71. The number of nitrogens with one attached hydrogen (secondary N) is 1. The molecule has 0 aliphatic heterocycles. The minimum Gasteiger partial charge on any atom is -0.212 e. The molecule has 5 nitrogen and oxygen atoms in total. The van der Waals surface area contributed by atoms with Gasteiger partial charge >= 0.3 is 9.06 Å². The van der Waals surface area contributed by atoms with Crippen molar-refractivity contribution in [2.75, 3.05) is 13.3 Å². The Labute approximate surface area is 53.4 Å². The highest BCUT2D eigenvalue weighted by Gasteiger charge is 2.20. The van der Waals surface area contributed by atoms with Crippen molar-refractivity contribution >= 4 is 17.9 Å². The summed E-state index contributed by atoms with van der Waals surface area (Å²) in [6.07, 6.45) is 0.624. The van der Waals surface area contributed by atoms with Crippen LogP contribution in [0, 0.1) is 0 Å². The molecule has 0 spiro atoms. The van der Waals surface area contributed by atoms with Crippen LogP contribution in [0.25, 0.3) is 0 Å². The van der Waals surface area contributed by atoms with E-state index in [9.17, 15) is 16.8 Å². The molecule has 0 fully saturated rings. The Hall–Kier alpha value is -0.140. The SMILES string of the molecule is CNS(=O)(=O)S(C)(=O)=O. The first-order valence-corrected chi connectivity index (χ1v) is 5.84. The Balaban J connectivity index is 5.07. The van der Waals surface area contributed by atoms with Crippen LogP contribution < -0.4 is 4.72 Å². The summed E-state index contributed by atoms with van der Waals surface area (Å²) in [5, 5.41) is 0. The summed E-state index contributed by atoms with van der Waals surface area (Å²) in [5.41, 5.74) is 0. The van der Waals surface area contributed by atoms with Gasteiger partial charge in [0.2, 0.25) is 0 Å². The van der Waals surface area contributed by atoms with Crippen molar-refractivity contribution in [1.29, 1.82) is 0 Å². The Morgan fingerprint density at radius 3 is 1.44 bits per heavy atom. The van der Waals surface area contributed by atoms with E-state index in [0.29, 0.717) is 6.26 Å². The normalized spacial score (nSPS) is 13.6. The average molecular weight is 173 g/mol. The summed E-state index contributed by atoms with van der Waals surface area (Å²) in [6.45, 7) is 0. The van der Waals surface area contributed by atoms with Gasteiger partial charge in [-0.15, -0.1) is 0 Å². The lowest BCUT2D eigenvalue weighted by molar-refractivity contribution is 0.581. The van der Waals surface area contributed by atoms with Gasteiger partial charge in [0.25, 0.3) is 8.87 Å². The summed E-state index contributed by atoms with van der Waals surface area (Å²) in [7, 11) is -7.07. The smallest absolute Gasteiger partial charge is 0.212 e. The van der Waals surface area contributed by atoms with Gasteiger partial charge in [0.1, 0.15) is 0 Å². The second-order valence-electron chi connectivity index (χ2n) is 1.36. The van der Waals surface area contributed by atoms with E-state index in [0.717, 1.165) is 7.05 Å². The highest BCUT2D eigenvalue weighted by atomic mass is 33.2. The first-order valence-electron chi connectivity index (χ1n) is 1.95. The van der Waals surface area contributed by atoms with Crippen molar-refractivity contribution in [3.8, 4) is 0 Å². The fourth-order valence-electron chi connectivity index (χ4n) is 0.151. The average Bonchev–Trinajstić information content (AvgIpc) is 1.64. The zero-order valence-electron chi connectivity index (χ0n) is 4.95. The van der Waals surface area contributed by atoms with Gasteiger partial charge < -0.3 is 0 Å². The van der Waals surface area contributed by atoms with Crippen LogP contribution in [0.5, 0.6) is 0 Å². The molecule has 0 aliphatic carbocycles. The molecule has 0 rings (SSSR count). The fraction of sp³-hybridized carbons (Fsp3) is 1.00. The van der Waals surface area contributed by atoms with Crippen LogP contribution in [0.2, 0.25) is 0 Å². The molecular formula is C2H7NO4S2. The Morgan fingerprint density at radius 2 is 1.44 bits per heavy atom. The van der Waals surface area contributed by atoms with Crippen LogP contribution in [-0.4, -0.2) is 30.1 Å². The first kappa shape index (κ1) is 8.86. The third-order valence-electron chi connectivity index (χ3n) is 0.649. The van der Waals surface area contributed by atoms with Crippen LogP contribution in [0.1, 0.15) is 0 Å². The van der Waals surface area contributed by atoms with Crippen molar-refractivity contribution in [2.24, 2.45) is 0 Å². The van der Waals surface area contributed by atoms with Crippen molar-refractivity contribution < 1.29 is 16.8 Å². The molecule has 9 heavy (non-hydrogen) atoms. The van der Waals surface area contributed by atoms with Crippen LogP contribution in [0.3, 0.4) is 0 Å². The molecule has 0 unspecified atom stereocenters. The van der Waals surface area contributed by atoms with Gasteiger partial charge in [-0.3, -0.25) is 0 Å². The van der Waals surface area contributed by atoms with E-state index in [-0.39, 0.29) is 0 Å². The second kappa shape index (κ2) is 2.24. The summed E-state index contributed by atoms with van der Waals surface area (Å²) >= 11 is 0. The zero-order valence-corrected chi connectivity index (χ0v) is 6.58. The summed E-state index contributed by atoms with van der Waals surface area (Å²) in [5.74, 6) is 0. The largest absolute Gasteiger partial charge is 0.316 e. The predicted octanol–water partition coefficient (Wildman–Crippen LogP) is -1.50. The lowest BCUT2D eigenvalue weighted by Crippen LogP contribution is -2.26. The number of rotatable bonds is 2. The molecule has 0 radical (unpaired) electrons. The minimum absolute atomic E-state index is 0.624. The quantitative estimate of drug-likeness (QED) is 0.515. The van der Waals surface area contributed by atoms with Crippen molar-refractivity contribution in [3.05, 3.63) is 0 Å². The van der Waals surface area contributed by atoms with Gasteiger partial charge in [0.05, 0.1) is 6.26 Å². The van der Waals surface area contributed by atoms with E-state index in [4.69, 9.17) is 0 Å². The molecule has 0 atom stereocenters. The van der Waals surface area contributed by atoms with Gasteiger partial charge in [0.15, 0.2) is 0 Å². The van der Waals surface area contributed by atoms with E-state index in [2.05, 4.69) is 0 Å². The molecule has 0 heterocycles. The van der Waals surface area contributed by atoms with Gasteiger partial charge in [-0.1, -0.05) is 0 Å². The molecule has 0 saturated carbocycles. The molecule has 7 heteroatoms. The molecule has 0 saturated heterocycles. The number of hydrogen-bond donors (Lipinski definition) is 1. The van der Waals surface area contributed by atoms with E-state index < -0.39 is 17.9 Å². The maximum Gasteiger partial charge on any atom is 0.316 e. The molecule has 0 aromatic rings. The van der Waals surface area contributed by atoms with E-state index >= 15 is 0 Å². The van der Waals surface area contributed by atoms with E-state index in [1.807, 2.05) is 0 Å². The van der Waals surface area contributed by atoms with Gasteiger partial charge in [0, 0.05) is 0 Å². The topological polar surface area (TPSA) is 80.3 Å². The van der Waals surface area contributed by atoms with E-state index in [1.165, 1.54) is 0 Å². The third-order valence-corrected chi connectivity index (χ3v) is 4.84. The van der Waals surface area contributed by atoms with Crippen LogP contribution >= 0.6 is 0 Å². The van der Waals surface area contributed by atoms with Gasteiger partial charge in [-0.25, -0.2) is 13.1 Å². The highest BCUT2D eigenvalue weighted by molar-refractivity contribution is 8.66. The molecule has 0 bridgehead atoms.